The van der Waals surface area contributed by atoms with Crippen LogP contribution in [0.15, 0.2) is 24.3 Å². The lowest BCUT2D eigenvalue weighted by Gasteiger charge is -2.37. The molecule has 1 aliphatic heterocycles. The zero-order valence-electron chi connectivity index (χ0n) is 13.1. The van der Waals surface area contributed by atoms with E-state index in [4.69, 9.17) is 0 Å². The van der Waals surface area contributed by atoms with Gasteiger partial charge in [0.05, 0.1) is 0 Å². The van der Waals surface area contributed by atoms with E-state index in [2.05, 4.69) is 5.32 Å². The molecular weight excluding hydrogens is 282 g/mol. The fourth-order valence-electron chi connectivity index (χ4n) is 2.75. The average molecular weight is 305 g/mol. The van der Waals surface area contributed by atoms with Crippen molar-refractivity contribution in [2.24, 2.45) is 0 Å². The van der Waals surface area contributed by atoms with Gasteiger partial charge in [-0.3, -0.25) is 9.69 Å². The van der Waals surface area contributed by atoms with Gasteiger partial charge in [0.25, 0.3) is 0 Å². The Hall–Kier alpha value is -2.08. The highest BCUT2D eigenvalue weighted by Crippen LogP contribution is 2.13. The summed E-state index contributed by atoms with van der Waals surface area (Å²) >= 11 is 0. The van der Waals surface area contributed by atoms with Crippen molar-refractivity contribution in [2.75, 3.05) is 31.5 Å². The number of piperazine rings is 1. The van der Waals surface area contributed by atoms with Crippen LogP contribution in [0.4, 0.5) is 10.5 Å². The molecule has 1 unspecified atom stereocenters. The van der Waals surface area contributed by atoms with Gasteiger partial charge in [0.2, 0.25) is 0 Å². The molecule has 1 aromatic rings. The zero-order chi connectivity index (χ0) is 16.1. The maximum Gasteiger partial charge on any atom is 0.321 e. The van der Waals surface area contributed by atoms with E-state index >= 15 is 0 Å². The third-order valence-electron chi connectivity index (χ3n) is 3.98. The van der Waals surface area contributed by atoms with E-state index in [1.807, 2.05) is 43.0 Å². The lowest BCUT2D eigenvalue weighted by molar-refractivity contribution is -0.144. The smallest absolute Gasteiger partial charge is 0.321 e. The second-order valence-electron chi connectivity index (χ2n) is 5.58. The molecular formula is C16H23N3O3. The first-order valence-corrected chi connectivity index (χ1v) is 7.60. The van der Waals surface area contributed by atoms with Crippen LogP contribution >= 0.6 is 0 Å². The lowest BCUT2D eigenvalue weighted by Crippen LogP contribution is -2.54. The molecule has 1 heterocycles. The maximum atomic E-state index is 12.2. The molecule has 0 aromatic heterocycles. The summed E-state index contributed by atoms with van der Waals surface area (Å²) in [6.45, 7) is 6.11. The molecule has 0 radical (unpaired) electrons. The van der Waals surface area contributed by atoms with Crippen LogP contribution < -0.4 is 5.32 Å². The van der Waals surface area contributed by atoms with Gasteiger partial charge in [-0.1, -0.05) is 19.1 Å². The van der Waals surface area contributed by atoms with Gasteiger partial charge < -0.3 is 15.3 Å². The van der Waals surface area contributed by atoms with E-state index in [-0.39, 0.29) is 6.03 Å². The number of nitrogens with one attached hydrogen (secondary N) is 1. The van der Waals surface area contributed by atoms with Crippen LogP contribution in [0.25, 0.3) is 0 Å². The molecule has 6 nitrogen and oxygen atoms in total. The first-order valence-electron chi connectivity index (χ1n) is 7.60. The Balaban J connectivity index is 1.88. The SMILES string of the molecule is CCC(C(=O)O)N1CCN(C(=O)Nc2cccc(C)c2)CC1. The molecule has 2 amide bonds. The predicted molar refractivity (Wildman–Crippen MR) is 85.1 cm³/mol. The predicted octanol–water partition coefficient (Wildman–Crippen LogP) is 2.01. The Morgan fingerprint density at radius 3 is 2.50 bits per heavy atom. The van der Waals surface area contributed by atoms with Crippen LogP contribution in [-0.2, 0) is 4.79 Å². The quantitative estimate of drug-likeness (QED) is 0.892. The van der Waals surface area contributed by atoms with Gasteiger partial charge in [-0.15, -0.1) is 0 Å². The van der Waals surface area contributed by atoms with Crippen molar-refractivity contribution >= 4 is 17.7 Å². The molecule has 120 valence electrons. The number of amides is 2. The number of urea groups is 1. The van der Waals surface area contributed by atoms with Crippen LogP contribution in [0.3, 0.4) is 0 Å². The molecule has 0 saturated carbocycles. The average Bonchev–Trinajstić information content (AvgIpc) is 2.48. The summed E-state index contributed by atoms with van der Waals surface area (Å²) in [6, 6.07) is 7.08. The van der Waals surface area contributed by atoms with Crippen molar-refractivity contribution in [1.82, 2.24) is 9.80 Å². The Bertz CT molecular complexity index is 539. The van der Waals surface area contributed by atoms with Crippen molar-refractivity contribution in [2.45, 2.75) is 26.3 Å². The van der Waals surface area contributed by atoms with Gasteiger partial charge in [-0.25, -0.2) is 4.79 Å². The van der Waals surface area contributed by atoms with Crippen molar-refractivity contribution in [1.29, 1.82) is 0 Å². The fourth-order valence-corrected chi connectivity index (χ4v) is 2.75. The van der Waals surface area contributed by atoms with Gasteiger partial charge >= 0.3 is 12.0 Å². The molecule has 0 aliphatic carbocycles. The number of carbonyl (C=O) groups is 2. The molecule has 1 aromatic carbocycles. The minimum Gasteiger partial charge on any atom is -0.480 e. The monoisotopic (exact) mass is 305 g/mol. The third-order valence-corrected chi connectivity index (χ3v) is 3.98. The Morgan fingerprint density at radius 2 is 1.95 bits per heavy atom. The van der Waals surface area contributed by atoms with Gasteiger partial charge in [-0.2, -0.15) is 0 Å². The largest absolute Gasteiger partial charge is 0.480 e. The normalized spacial score (nSPS) is 17.1. The highest BCUT2D eigenvalue weighted by Gasteiger charge is 2.28. The number of aryl methyl sites for hydroxylation is 1. The third kappa shape index (κ3) is 3.98. The van der Waals surface area contributed by atoms with E-state index in [9.17, 15) is 14.7 Å². The second-order valence-corrected chi connectivity index (χ2v) is 5.58. The maximum absolute atomic E-state index is 12.2. The van der Waals surface area contributed by atoms with Gasteiger partial charge in [0, 0.05) is 31.9 Å². The molecule has 0 spiro atoms. The number of anilines is 1. The van der Waals surface area contributed by atoms with Crippen LogP contribution in [0, 0.1) is 6.92 Å². The highest BCUT2D eigenvalue weighted by atomic mass is 16.4. The van der Waals surface area contributed by atoms with E-state index < -0.39 is 12.0 Å². The molecule has 0 bridgehead atoms. The summed E-state index contributed by atoms with van der Waals surface area (Å²) < 4.78 is 0. The van der Waals surface area contributed by atoms with Crippen LogP contribution in [0.2, 0.25) is 0 Å². The number of aliphatic carboxylic acids is 1. The molecule has 6 heteroatoms. The standard InChI is InChI=1S/C16H23N3O3/c1-3-14(15(20)21)18-7-9-19(10-8-18)16(22)17-13-6-4-5-12(2)11-13/h4-6,11,14H,3,7-10H2,1-2H3,(H,17,22)(H,20,21). The summed E-state index contributed by atoms with van der Waals surface area (Å²) in [5, 5.41) is 12.1. The van der Waals surface area contributed by atoms with Gasteiger partial charge in [0.15, 0.2) is 0 Å². The molecule has 2 N–H and O–H groups in total. The molecule has 1 aliphatic rings. The van der Waals surface area contributed by atoms with Crippen LogP contribution in [0.1, 0.15) is 18.9 Å². The zero-order valence-corrected chi connectivity index (χ0v) is 13.1. The molecule has 22 heavy (non-hydrogen) atoms. The first kappa shape index (κ1) is 16.3. The first-order chi connectivity index (χ1) is 10.5. The van der Waals surface area contributed by atoms with Crippen molar-refractivity contribution in [3.05, 3.63) is 29.8 Å². The number of rotatable bonds is 4. The summed E-state index contributed by atoms with van der Waals surface area (Å²) in [6.07, 6.45) is 0.574. The number of benzene rings is 1. The van der Waals surface area contributed by atoms with Crippen LogP contribution in [0.5, 0.6) is 0 Å². The van der Waals surface area contributed by atoms with E-state index in [0.29, 0.717) is 32.6 Å². The van der Waals surface area contributed by atoms with Crippen LogP contribution in [-0.4, -0.2) is 59.1 Å². The minimum atomic E-state index is -0.792. The Kier molecular flexibility index (Phi) is 5.38. The second kappa shape index (κ2) is 7.26. The van der Waals surface area contributed by atoms with Crippen molar-refractivity contribution in [3.8, 4) is 0 Å². The summed E-state index contributed by atoms with van der Waals surface area (Å²) in [5.74, 6) is -0.792. The van der Waals surface area contributed by atoms with E-state index in [0.717, 1.165) is 11.3 Å². The van der Waals surface area contributed by atoms with E-state index in [1.54, 1.807) is 4.90 Å². The van der Waals surface area contributed by atoms with Gasteiger partial charge in [-0.05, 0) is 31.0 Å². The lowest BCUT2D eigenvalue weighted by atomic mass is 10.1. The number of hydrogen-bond donors (Lipinski definition) is 2. The fraction of sp³-hybridized carbons (Fsp3) is 0.500. The summed E-state index contributed by atoms with van der Waals surface area (Å²) in [5.41, 5.74) is 1.87. The molecule has 1 fully saturated rings. The van der Waals surface area contributed by atoms with Crippen molar-refractivity contribution in [3.63, 3.8) is 0 Å². The number of nitrogens with zero attached hydrogens (tertiary/aromatic N) is 2. The number of carboxylic acid groups (broad SMARTS) is 1. The van der Waals surface area contributed by atoms with Crippen molar-refractivity contribution < 1.29 is 14.7 Å². The topological polar surface area (TPSA) is 72.9 Å². The molecule has 1 saturated heterocycles. The molecule has 1 atom stereocenters. The number of hydrogen-bond acceptors (Lipinski definition) is 3. The number of carboxylic acids is 1. The summed E-state index contributed by atoms with van der Waals surface area (Å²) in [4.78, 5) is 27.1. The Morgan fingerprint density at radius 1 is 1.27 bits per heavy atom. The molecule has 2 rings (SSSR count). The summed E-state index contributed by atoms with van der Waals surface area (Å²) in [7, 11) is 0. The number of carbonyl (C=O) groups excluding carboxylic acids is 1. The highest BCUT2D eigenvalue weighted by molar-refractivity contribution is 5.89. The van der Waals surface area contributed by atoms with E-state index in [1.165, 1.54) is 0 Å². The Labute approximate surface area is 130 Å². The van der Waals surface area contributed by atoms with Gasteiger partial charge in [0.1, 0.15) is 6.04 Å². The minimum absolute atomic E-state index is 0.131.